The summed E-state index contributed by atoms with van der Waals surface area (Å²) in [5.74, 6) is 1.07. The predicted octanol–water partition coefficient (Wildman–Crippen LogP) is 0.783. The maximum Gasteiger partial charge on any atom is 0.143 e. The third-order valence-electron chi connectivity index (χ3n) is 3.08. The van der Waals surface area contributed by atoms with Crippen LogP contribution >= 0.6 is 0 Å². The number of nitrogens with one attached hydrogen (secondary N) is 1. The highest BCUT2D eigenvalue weighted by molar-refractivity contribution is 5.80. The third kappa shape index (κ3) is 3.65. The summed E-state index contributed by atoms with van der Waals surface area (Å²) in [5.41, 5.74) is 0. The van der Waals surface area contributed by atoms with E-state index in [-0.39, 0.29) is 11.9 Å². The van der Waals surface area contributed by atoms with Crippen molar-refractivity contribution in [1.82, 2.24) is 14.9 Å². The van der Waals surface area contributed by atoms with Gasteiger partial charge in [0.15, 0.2) is 0 Å². The Morgan fingerprint density at radius 2 is 2.56 bits per heavy atom. The molecule has 1 aliphatic rings. The van der Waals surface area contributed by atoms with E-state index in [9.17, 15) is 4.79 Å². The number of aromatic nitrogens is 2. The van der Waals surface area contributed by atoms with E-state index in [0.29, 0.717) is 19.4 Å². The molecule has 1 aromatic rings. The minimum Gasteiger partial charge on any atom is -0.375 e. The Balaban J connectivity index is 1.84. The minimum absolute atomic E-state index is 0.0286. The van der Waals surface area contributed by atoms with Crippen molar-refractivity contribution in [3.8, 4) is 0 Å². The smallest absolute Gasteiger partial charge is 0.143 e. The summed E-state index contributed by atoms with van der Waals surface area (Å²) in [7, 11) is 0. The molecule has 1 aliphatic heterocycles. The van der Waals surface area contributed by atoms with Gasteiger partial charge >= 0.3 is 0 Å². The zero-order chi connectivity index (χ0) is 12.8. The summed E-state index contributed by atoms with van der Waals surface area (Å²) in [5, 5.41) is 3.23. The summed E-state index contributed by atoms with van der Waals surface area (Å²) in [6.07, 6.45) is 5.66. The standard InChI is InChI=1S/C13H21N3O2/c1-2-5-16-6-3-15-13(16)9-11(17)8-12-10-14-4-7-18-12/h3,6,12,14H,2,4-5,7-10H2,1H3. The number of hydrogen-bond acceptors (Lipinski definition) is 4. The number of carbonyl (C=O) groups excluding carboxylic acids is 1. The van der Waals surface area contributed by atoms with Crippen molar-refractivity contribution in [3.63, 3.8) is 0 Å². The number of ether oxygens (including phenoxy) is 1. The van der Waals surface area contributed by atoms with Crippen LogP contribution in [0, 0.1) is 0 Å². The van der Waals surface area contributed by atoms with Crippen molar-refractivity contribution < 1.29 is 9.53 Å². The van der Waals surface area contributed by atoms with Gasteiger partial charge in [0.1, 0.15) is 11.6 Å². The molecular formula is C13H21N3O2. The fourth-order valence-electron chi connectivity index (χ4n) is 2.21. The van der Waals surface area contributed by atoms with Gasteiger partial charge in [0, 0.05) is 38.4 Å². The van der Waals surface area contributed by atoms with E-state index in [2.05, 4.69) is 21.8 Å². The number of nitrogens with zero attached hydrogens (tertiary/aromatic N) is 2. The van der Waals surface area contributed by atoms with E-state index < -0.39 is 0 Å². The van der Waals surface area contributed by atoms with Crippen LogP contribution in [-0.4, -0.2) is 41.1 Å². The molecule has 2 heterocycles. The fraction of sp³-hybridized carbons (Fsp3) is 0.692. The third-order valence-corrected chi connectivity index (χ3v) is 3.08. The first-order valence-electron chi connectivity index (χ1n) is 6.63. The molecule has 5 nitrogen and oxygen atoms in total. The molecule has 1 fully saturated rings. The highest BCUT2D eigenvalue weighted by atomic mass is 16.5. The van der Waals surface area contributed by atoms with Crippen molar-refractivity contribution in [1.29, 1.82) is 0 Å². The van der Waals surface area contributed by atoms with Gasteiger partial charge in [-0.15, -0.1) is 0 Å². The van der Waals surface area contributed by atoms with Gasteiger partial charge in [-0.3, -0.25) is 4.79 Å². The number of aryl methyl sites for hydroxylation is 1. The Hall–Kier alpha value is -1.20. The van der Waals surface area contributed by atoms with Crippen LogP contribution in [0.3, 0.4) is 0 Å². The van der Waals surface area contributed by atoms with Gasteiger partial charge in [-0.05, 0) is 6.42 Å². The van der Waals surface area contributed by atoms with Gasteiger partial charge < -0.3 is 14.6 Å². The number of carbonyl (C=O) groups is 1. The number of ketones is 1. The van der Waals surface area contributed by atoms with Crippen LogP contribution in [0.25, 0.3) is 0 Å². The van der Waals surface area contributed by atoms with Crippen LogP contribution in [0.5, 0.6) is 0 Å². The van der Waals surface area contributed by atoms with Gasteiger partial charge in [-0.1, -0.05) is 6.92 Å². The molecule has 0 amide bonds. The highest BCUT2D eigenvalue weighted by Gasteiger charge is 2.18. The molecule has 0 radical (unpaired) electrons. The molecule has 1 aromatic heterocycles. The monoisotopic (exact) mass is 251 g/mol. The molecule has 0 aliphatic carbocycles. The molecule has 5 heteroatoms. The van der Waals surface area contributed by atoms with Crippen molar-refractivity contribution in [2.45, 2.75) is 38.8 Å². The molecule has 1 atom stereocenters. The quantitative estimate of drug-likeness (QED) is 0.812. The molecule has 1 saturated heterocycles. The Morgan fingerprint density at radius 3 is 3.28 bits per heavy atom. The van der Waals surface area contributed by atoms with Crippen LogP contribution in [-0.2, 0) is 22.5 Å². The van der Waals surface area contributed by atoms with Gasteiger partial charge in [0.2, 0.25) is 0 Å². The second-order valence-electron chi connectivity index (χ2n) is 4.65. The molecule has 1 unspecified atom stereocenters. The van der Waals surface area contributed by atoms with E-state index >= 15 is 0 Å². The van der Waals surface area contributed by atoms with Crippen LogP contribution in [0.2, 0.25) is 0 Å². The van der Waals surface area contributed by atoms with Crippen molar-refractivity contribution >= 4 is 5.78 Å². The van der Waals surface area contributed by atoms with E-state index in [0.717, 1.165) is 31.9 Å². The van der Waals surface area contributed by atoms with E-state index in [1.165, 1.54) is 0 Å². The maximum absolute atomic E-state index is 12.0. The van der Waals surface area contributed by atoms with Gasteiger partial charge in [0.25, 0.3) is 0 Å². The van der Waals surface area contributed by atoms with E-state index in [1.807, 2.05) is 6.20 Å². The Bertz CT molecular complexity index is 383. The molecule has 1 N–H and O–H groups in total. The summed E-state index contributed by atoms with van der Waals surface area (Å²) in [6, 6.07) is 0. The zero-order valence-electron chi connectivity index (χ0n) is 10.9. The summed E-state index contributed by atoms with van der Waals surface area (Å²) in [4.78, 5) is 16.2. The van der Waals surface area contributed by atoms with Crippen molar-refractivity contribution in [3.05, 3.63) is 18.2 Å². The lowest BCUT2D eigenvalue weighted by Crippen LogP contribution is -2.39. The van der Waals surface area contributed by atoms with E-state index in [1.54, 1.807) is 6.20 Å². The number of Topliss-reactive ketones (excluding diaryl/α,β-unsaturated/α-hetero) is 1. The van der Waals surface area contributed by atoms with Crippen LogP contribution in [0.1, 0.15) is 25.6 Å². The van der Waals surface area contributed by atoms with Gasteiger partial charge in [0.05, 0.1) is 19.1 Å². The fourth-order valence-corrected chi connectivity index (χ4v) is 2.21. The summed E-state index contributed by atoms with van der Waals surface area (Å²) in [6.45, 7) is 5.39. The van der Waals surface area contributed by atoms with Crippen molar-refractivity contribution in [2.75, 3.05) is 19.7 Å². The minimum atomic E-state index is 0.0286. The molecule has 18 heavy (non-hydrogen) atoms. The first-order chi connectivity index (χ1) is 8.79. The number of imidazole rings is 1. The number of rotatable bonds is 6. The molecule has 100 valence electrons. The molecular weight excluding hydrogens is 230 g/mol. The normalized spacial score (nSPS) is 19.9. The Labute approximate surface area is 108 Å². The van der Waals surface area contributed by atoms with Crippen LogP contribution < -0.4 is 5.32 Å². The highest BCUT2D eigenvalue weighted by Crippen LogP contribution is 2.07. The topological polar surface area (TPSA) is 56.2 Å². The SMILES string of the molecule is CCCn1ccnc1CC(=O)CC1CNCCO1. The average Bonchev–Trinajstić information content (AvgIpc) is 2.78. The molecule has 2 rings (SSSR count). The first-order valence-corrected chi connectivity index (χ1v) is 6.63. The second kappa shape index (κ2) is 6.66. The predicted molar refractivity (Wildman–Crippen MR) is 68.5 cm³/mol. The average molecular weight is 251 g/mol. The number of hydrogen-bond donors (Lipinski definition) is 1. The second-order valence-corrected chi connectivity index (χ2v) is 4.65. The molecule has 0 aromatic carbocycles. The Morgan fingerprint density at radius 1 is 1.67 bits per heavy atom. The lowest BCUT2D eigenvalue weighted by atomic mass is 10.1. The molecule has 0 spiro atoms. The van der Waals surface area contributed by atoms with Gasteiger partial charge in [-0.25, -0.2) is 4.98 Å². The summed E-state index contributed by atoms with van der Waals surface area (Å²) < 4.78 is 7.59. The maximum atomic E-state index is 12.0. The van der Waals surface area contributed by atoms with Crippen LogP contribution in [0.15, 0.2) is 12.4 Å². The van der Waals surface area contributed by atoms with Crippen LogP contribution in [0.4, 0.5) is 0 Å². The van der Waals surface area contributed by atoms with Gasteiger partial charge in [-0.2, -0.15) is 0 Å². The molecule has 0 bridgehead atoms. The largest absolute Gasteiger partial charge is 0.375 e. The van der Waals surface area contributed by atoms with E-state index in [4.69, 9.17) is 4.74 Å². The lowest BCUT2D eigenvalue weighted by molar-refractivity contribution is -0.121. The van der Waals surface area contributed by atoms with Crippen molar-refractivity contribution in [2.24, 2.45) is 0 Å². The zero-order valence-corrected chi connectivity index (χ0v) is 10.9. The Kier molecular flexibility index (Phi) is 4.90. The molecule has 0 saturated carbocycles. The first kappa shape index (κ1) is 13.2. The number of morpholine rings is 1. The lowest BCUT2D eigenvalue weighted by Gasteiger charge is -2.22. The summed E-state index contributed by atoms with van der Waals surface area (Å²) >= 11 is 0.